The number of hydrogen-bond acceptors (Lipinski definition) is 3. The van der Waals surface area contributed by atoms with Gasteiger partial charge in [0.2, 0.25) is 0 Å². The Morgan fingerprint density at radius 1 is 1.32 bits per heavy atom. The number of benzene rings is 1. The van der Waals surface area contributed by atoms with Crippen molar-refractivity contribution < 1.29 is 4.74 Å². The van der Waals surface area contributed by atoms with Gasteiger partial charge in [-0.15, -0.1) is 0 Å². The highest BCUT2D eigenvalue weighted by atomic mass is 16.5. The van der Waals surface area contributed by atoms with E-state index >= 15 is 0 Å². The van der Waals surface area contributed by atoms with Crippen LogP contribution < -0.4 is 10.1 Å². The summed E-state index contributed by atoms with van der Waals surface area (Å²) < 4.78 is 5.82. The zero-order valence-corrected chi connectivity index (χ0v) is 12.0. The van der Waals surface area contributed by atoms with Gasteiger partial charge >= 0.3 is 0 Å². The highest BCUT2D eigenvalue weighted by Crippen LogP contribution is 2.31. The highest BCUT2D eigenvalue weighted by molar-refractivity contribution is 5.59. The molecule has 19 heavy (non-hydrogen) atoms. The molecule has 1 N–H and O–H groups in total. The van der Waals surface area contributed by atoms with Crippen molar-refractivity contribution in [1.82, 2.24) is 4.90 Å². The van der Waals surface area contributed by atoms with E-state index in [4.69, 9.17) is 4.74 Å². The van der Waals surface area contributed by atoms with Crippen molar-refractivity contribution >= 4 is 5.69 Å². The van der Waals surface area contributed by atoms with Crippen molar-refractivity contribution in [3.8, 4) is 5.75 Å². The van der Waals surface area contributed by atoms with Crippen LogP contribution in [-0.2, 0) is 6.54 Å². The third kappa shape index (κ3) is 2.86. The topological polar surface area (TPSA) is 24.5 Å². The number of nitrogens with one attached hydrogen (secondary N) is 1. The average molecular weight is 260 g/mol. The number of likely N-dealkylation sites (tertiary alicyclic amines) is 1. The van der Waals surface area contributed by atoms with Gasteiger partial charge in [-0.05, 0) is 50.9 Å². The molecule has 1 aromatic carbocycles. The van der Waals surface area contributed by atoms with Crippen molar-refractivity contribution in [3.63, 3.8) is 0 Å². The van der Waals surface area contributed by atoms with Crippen molar-refractivity contribution in [2.75, 3.05) is 18.4 Å². The van der Waals surface area contributed by atoms with Gasteiger partial charge in [-0.3, -0.25) is 4.90 Å². The van der Waals surface area contributed by atoms with E-state index in [0.29, 0.717) is 6.04 Å². The molecule has 0 spiro atoms. The third-order valence-corrected chi connectivity index (χ3v) is 4.28. The molecule has 2 heterocycles. The Balaban J connectivity index is 1.71. The predicted octanol–water partition coefficient (Wildman–Crippen LogP) is 3.25. The molecule has 0 aliphatic carbocycles. The zero-order valence-electron chi connectivity index (χ0n) is 12.0. The number of hydrogen-bond donors (Lipinski definition) is 1. The molecule has 0 bridgehead atoms. The first-order valence-electron chi connectivity index (χ1n) is 7.50. The molecule has 1 saturated heterocycles. The van der Waals surface area contributed by atoms with Crippen LogP contribution in [0.1, 0.15) is 38.7 Å². The first-order valence-corrected chi connectivity index (χ1v) is 7.50. The van der Waals surface area contributed by atoms with Crippen LogP contribution in [0.15, 0.2) is 18.2 Å². The minimum Gasteiger partial charge on any atom is -0.487 e. The van der Waals surface area contributed by atoms with Crippen LogP contribution in [0.25, 0.3) is 0 Å². The Morgan fingerprint density at radius 3 is 3.05 bits per heavy atom. The number of ether oxygens (including phenoxy) is 1. The lowest BCUT2D eigenvalue weighted by Gasteiger charge is -2.33. The van der Waals surface area contributed by atoms with Gasteiger partial charge < -0.3 is 10.1 Å². The number of nitrogens with zero attached hydrogens (tertiary/aromatic N) is 1. The van der Waals surface area contributed by atoms with Crippen LogP contribution >= 0.6 is 0 Å². The summed E-state index contributed by atoms with van der Waals surface area (Å²) in [6.45, 7) is 7.64. The van der Waals surface area contributed by atoms with Crippen LogP contribution in [0.3, 0.4) is 0 Å². The monoisotopic (exact) mass is 260 g/mol. The lowest BCUT2D eigenvalue weighted by atomic mass is 10.0. The van der Waals surface area contributed by atoms with Gasteiger partial charge in [0.1, 0.15) is 11.9 Å². The average Bonchev–Trinajstić information content (AvgIpc) is 2.41. The molecule has 0 saturated carbocycles. The maximum Gasteiger partial charge on any atom is 0.142 e. The van der Waals surface area contributed by atoms with E-state index in [1.165, 1.54) is 31.4 Å². The lowest BCUT2D eigenvalue weighted by molar-refractivity contribution is 0.152. The Morgan fingerprint density at radius 2 is 2.21 bits per heavy atom. The number of anilines is 1. The molecule has 2 unspecified atom stereocenters. The fraction of sp³-hybridized carbons (Fsp3) is 0.625. The molecule has 0 aromatic heterocycles. The summed E-state index contributed by atoms with van der Waals surface area (Å²) in [6.07, 6.45) is 4.33. The number of rotatable bonds is 2. The second-order valence-electron chi connectivity index (χ2n) is 5.96. The molecule has 1 fully saturated rings. The summed E-state index contributed by atoms with van der Waals surface area (Å²) in [4.78, 5) is 2.59. The van der Waals surface area contributed by atoms with Gasteiger partial charge in [0.05, 0.1) is 12.2 Å². The second-order valence-corrected chi connectivity index (χ2v) is 5.96. The maximum absolute atomic E-state index is 5.82. The zero-order chi connectivity index (χ0) is 13.2. The van der Waals surface area contributed by atoms with Gasteiger partial charge in [-0.1, -0.05) is 12.5 Å². The van der Waals surface area contributed by atoms with Crippen molar-refractivity contribution in [2.24, 2.45) is 0 Å². The summed E-state index contributed by atoms with van der Waals surface area (Å²) in [5.41, 5.74) is 2.54. The molecule has 0 amide bonds. The van der Waals surface area contributed by atoms with Crippen LogP contribution in [0, 0.1) is 0 Å². The first-order chi connectivity index (χ1) is 9.22. The fourth-order valence-corrected chi connectivity index (χ4v) is 3.06. The van der Waals surface area contributed by atoms with Gasteiger partial charge in [-0.25, -0.2) is 0 Å². The molecule has 0 radical (unpaired) electrons. The second kappa shape index (κ2) is 5.41. The quantitative estimate of drug-likeness (QED) is 0.883. The summed E-state index contributed by atoms with van der Waals surface area (Å²) in [5, 5.41) is 3.46. The smallest absolute Gasteiger partial charge is 0.142 e. The normalized spacial score (nSPS) is 27.3. The summed E-state index contributed by atoms with van der Waals surface area (Å²) in [5.74, 6) is 0.995. The number of fused-ring (bicyclic) bond motifs is 1. The molecule has 2 aliphatic heterocycles. The van der Waals surface area contributed by atoms with Crippen molar-refractivity contribution in [3.05, 3.63) is 23.8 Å². The Kier molecular flexibility index (Phi) is 3.65. The van der Waals surface area contributed by atoms with E-state index < -0.39 is 0 Å². The summed E-state index contributed by atoms with van der Waals surface area (Å²) >= 11 is 0. The standard InChI is InChI=1S/C16H24N2O/c1-12-5-3-4-8-18(12)11-14-6-7-16-15(9-14)17-10-13(2)19-16/h6-7,9,12-13,17H,3-5,8,10-11H2,1-2H3. The maximum atomic E-state index is 5.82. The summed E-state index contributed by atoms with van der Waals surface area (Å²) in [6, 6.07) is 7.29. The number of piperidine rings is 1. The molecule has 3 heteroatoms. The van der Waals surface area contributed by atoms with Gasteiger partial charge in [-0.2, -0.15) is 0 Å². The largest absolute Gasteiger partial charge is 0.487 e. The van der Waals surface area contributed by atoms with E-state index in [2.05, 4.69) is 42.3 Å². The summed E-state index contributed by atoms with van der Waals surface area (Å²) in [7, 11) is 0. The Bertz CT molecular complexity index is 446. The molecule has 1 aromatic rings. The highest BCUT2D eigenvalue weighted by Gasteiger charge is 2.20. The van der Waals surface area contributed by atoms with Crippen LogP contribution in [0.2, 0.25) is 0 Å². The SMILES string of the molecule is CC1CNc2cc(CN3CCCCC3C)ccc2O1. The minimum absolute atomic E-state index is 0.264. The van der Waals surface area contributed by atoms with Crippen molar-refractivity contribution in [2.45, 2.75) is 51.8 Å². The molecule has 104 valence electrons. The lowest BCUT2D eigenvalue weighted by Crippen LogP contribution is -2.36. The van der Waals surface area contributed by atoms with E-state index in [1.807, 2.05) is 0 Å². The van der Waals surface area contributed by atoms with E-state index in [9.17, 15) is 0 Å². The predicted molar refractivity (Wildman–Crippen MR) is 78.7 cm³/mol. The van der Waals surface area contributed by atoms with Gasteiger partial charge in [0, 0.05) is 12.6 Å². The van der Waals surface area contributed by atoms with E-state index in [0.717, 1.165) is 24.5 Å². The van der Waals surface area contributed by atoms with Crippen LogP contribution in [-0.4, -0.2) is 30.1 Å². The third-order valence-electron chi connectivity index (χ3n) is 4.28. The van der Waals surface area contributed by atoms with Crippen LogP contribution in [0.5, 0.6) is 5.75 Å². The Hall–Kier alpha value is -1.22. The van der Waals surface area contributed by atoms with Crippen LogP contribution in [0.4, 0.5) is 5.69 Å². The fourth-order valence-electron chi connectivity index (χ4n) is 3.06. The minimum atomic E-state index is 0.264. The van der Waals surface area contributed by atoms with Crippen molar-refractivity contribution in [1.29, 1.82) is 0 Å². The van der Waals surface area contributed by atoms with Gasteiger partial charge in [0.15, 0.2) is 0 Å². The molecule has 3 rings (SSSR count). The van der Waals surface area contributed by atoms with E-state index in [-0.39, 0.29) is 6.10 Å². The molecule has 3 nitrogen and oxygen atoms in total. The first kappa shape index (κ1) is 12.8. The molecular weight excluding hydrogens is 236 g/mol. The molecule has 2 aliphatic rings. The molecule has 2 atom stereocenters. The van der Waals surface area contributed by atoms with E-state index in [1.54, 1.807) is 0 Å². The molecular formula is C16H24N2O. The van der Waals surface area contributed by atoms with Gasteiger partial charge in [0.25, 0.3) is 0 Å². The Labute approximate surface area is 115 Å².